The van der Waals surface area contributed by atoms with E-state index in [1.165, 1.54) is 6.20 Å². The van der Waals surface area contributed by atoms with E-state index in [4.69, 9.17) is 0 Å². The van der Waals surface area contributed by atoms with E-state index in [0.29, 0.717) is 23.9 Å². The highest BCUT2D eigenvalue weighted by Gasteiger charge is 2.44. The summed E-state index contributed by atoms with van der Waals surface area (Å²) in [6.07, 6.45) is 4.04. The van der Waals surface area contributed by atoms with Crippen LogP contribution in [-0.2, 0) is 26.0 Å². The first-order valence-electron chi connectivity index (χ1n) is 11.0. The topological polar surface area (TPSA) is 158 Å². The molecule has 2 aliphatic heterocycles. The highest BCUT2D eigenvalue weighted by molar-refractivity contribution is 7.89. The molecule has 0 aliphatic carbocycles. The highest BCUT2D eigenvalue weighted by Crippen LogP contribution is 2.28. The molecule has 2 aliphatic rings. The number of carbonyl (C=O) groups excluding carboxylic acids is 4. The predicted octanol–water partition coefficient (Wildman–Crippen LogP) is 0.875. The van der Waals surface area contributed by atoms with Crippen molar-refractivity contribution in [2.45, 2.75) is 36.6 Å². The van der Waals surface area contributed by atoms with Crippen LogP contribution in [0.25, 0.3) is 11.0 Å². The van der Waals surface area contributed by atoms with Gasteiger partial charge in [-0.2, -0.15) is 0 Å². The summed E-state index contributed by atoms with van der Waals surface area (Å²) in [5.41, 5.74) is 1.64. The molecule has 0 spiro atoms. The molecule has 1 aromatic carbocycles. The maximum absolute atomic E-state index is 12.9. The van der Waals surface area contributed by atoms with Gasteiger partial charge in [0.1, 0.15) is 16.6 Å². The van der Waals surface area contributed by atoms with Crippen LogP contribution in [0, 0.1) is 0 Å². The first kappa shape index (κ1) is 22.9. The molecule has 11 nitrogen and oxygen atoms in total. The summed E-state index contributed by atoms with van der Waals surface area (Å²) in [5.74, 6) is -2.22. The number of pyridine rings is 1. The lowest BCUT2D eigenvalue weighted by atomic mass is 10.0. The van der Waals surface area contributed by atoms with Gasteiger partial charge in [-0.05, 0) is 49.1 Å². The Balaban J connectivity index is 1.23. The molecule has 0 saturated carbocycles. The van der Waals surface area contributed by atoms with Gasteiger partial charge in [-0.3, -0.25) is 29.4 Å². The van der Waals surface area contributed by atoms with Crippen molar-refractivity contribution in [1.29, 1.82) is 0 Å². The number of aromatic nitrogens is 2. The minimum atomic E-state index is -3.74. The monoisotopic (exact) mass is 495 g/mol. The van der Waals surface area contributed by atoms with Gasteiger partial charge in [-0.15, -0.1) is 0 Å². The van der Waals surface area contributed by atoms with E-state index in [1.54, 1.807) is 36.5 Å². The smallest absolute Gasteiger partial charge is 0.262 e. The Labute approximate surface area is 200 Å². The second-order valence-corrected chi connectivity index (χ2v) is 10.1. The summed E-state index contributed by atoms with van der Waals surface area (Å²) >= 11 is 0. The van der Waals surface area contributed by atoms with Crippen molar-refractivity contribution >= 4 is 44.7 Å². The Hall–Kier alpha value is -3.90. The summed E-state index contributed by atoms with van der Waals surface area (Å²) in [6.45, 7) is 0.168. The largest absolute Gasteiger partial charge is 0.345 e. The molecule has 12 heteroatoms. The number of carbonyl (C=O) groups is 4. The predicted molar refractivity (Wildman–Crippen MR) is 123 cm³/mol. The van der Waals surface area contributed by atoms with Gasteiger partial charge in [0, 0.05) is 30.7 Å². The second kappa shape index (κ2) is 8.71. The molecule has 1 saturated heterocycles. The van der Waals surface area contributed by atoms with E-state index in [2.05, 4.69) is 20.0 Å². The zero-order chi connectivity index (χ0) is 24.7. The average molecular weight is 496 g/mol. The fraction of sp³-hybridized carbons (Fsp3) is 0.261. The molecule has 5 rings (SSSR count). The number of H-pyrrole nitrogens is 1. The zero-order valence-corrected chi connectivity index (χ0v) is 19.2. The molecular weight excluding hydrogens is 474 g/mol. The number of rotatable bonds is 7. The number of fused-ring (bicyclic) bond motifs is 2. The van der Waals surface area contributed by atoms with Gasteiger partial charge in [-0.1, -0.05) is 6.07 Å². The molecule has 4 heterocycles. The number of nitrogens with zero attached hydrogens (tertiary/aromatic N) is 2. The molecule has 4 amide bonds. The number of nitrogens with one attached hydrogen (secondary N) is 3. The van der Waals surface area contributed by atoms with Crippen LogP contribution in [0.5, 0.6) is 0 Å². The van der Waals surface area contributed by atoms with Gasteiger partial charge in [-0.25, -0.2) is 18.1 Å². The van der Waals surface area contributed by atoms with E-state index in [1.807, 2.05) is 0 Å². The van der Waals surface area contributed by atoms with E-state index >= 15 is 0 Å². The summed E-state index contributed by atoms with van der Waals surface area (Å²) in [5, 5.41) is 2.67. The number of piperidine rings is 1. The number of hydrogen-bond donors (Lipinski definition) is 3. The van der Waals surface area contributed by atoms with Crippen LogP contribution in [0.1, 0.15) is 45.5 Å². The minimum absolute atomic E-state index is 0.0556. The highest BCUT2D eigenvalue weighted by atomic mass is 32.2. The Morgan fingerprint density at radius 1 is 1.09 bits per heavy atom. The van der Waals surface area contributed by atoms with Crippen LogP contribution >= 0.6 is 0 Å². The summed E-state index contributed by atoms with van der Waals surface area (Å²) in [6, 6.07) is 7.17. The van der Waals surface area contributed by atoms with Crippen molar-refractivity contribution in [2.75, 3.05) is 6.54 Å². The Morgan fingerprint density at radius 2 is 1.89 bits per heavy atom. The maximum atomic E-state index is 12.9. The van der Waals surface area contributed by atoms with Crippen molar-refractivity contribution in [3.8, 4) is 0 Å². The first-order chi connectivity index (χ1) is 16.8. The zero-order valence-electron chi connectivity index (χ0n) is 18.4. The van der Waals surface area contributed by atoms with Crippen LogP contribution in [0.2, 0.25) is 0 Å². The van der Waals surface area contributed by atoms with Crippen LogP contribution in [-0.4, -0.2) is 59.5 Å². The van der Waals surface area contributed by atoms with E-state index in [9.17, 15) is 27.6 Å². The molecule has 35 heavy (non-hydrogen) atoms. The number of imide groups is 2. The second-order valence-electron chi connectivity index (χ2n) is 8.38. The number of amides is 4. The number of aryl methyl sites for hydroxylation is 1. The van der Waals surface area contributed by atoms with Crippen molar-refractivity contribution in [1.82, 2.24) is 24.9 Å². The Morgan fingerprint density at radius 3 is 2.69 bits per heavy atom. The SMILES string of the molecule is O=C1CCC(N2C(=O)c3ccc(CCCNS(=O)(=O)c4c[nH]c5ncccc45)cc3C2=O)C(=O)N1. The van der Waals surface area contributed by atoms with Crippen molar-refractivity contribution in [2.24, 2.45) is 0 Å². The van der Waals surface area contributed by atoms with Crippen molar-refractivity contribution in [3.05, 3.63) is 59.4 Å². The van der Waals surface area contributed by atoms with E-state index in [0.717, 1.165) is 10.5 Å². The van der Waals surface area contributed by atoms with Crippen molar-refractivity contribution in [3.63, 3.8) is 0 Å². The van der Waals surface area contributed by atoms with Crippen LogP contribution in [0.4, 0.5) is 0 Å². The van der Waals surface area contributed by atoms with Crippen LogP contribution in [0.3, 0.4) is 0 Å². The summed E-state index contributed by atoms with van der Waals surface area (Å²) < 4.78 is 27.9. The number of hydrogen-bond acceptors (Lipinski definition) is 7. The first-order valence-corrected chi connectivity index (χ1v) is 12.5. The lowest BCUT2D eigenvalue weighted by Crippen LogP contribution is -2.54. The molecule has 1 unspecified atom stereocenters. The number of aromatic amines is 1. The van der Waals surface area contributed by atoms with E-state index < -0.39 is 39.7 Å². The summed E-state index contributed by atoms with van der Waals surface area (Å²) in [7, 11) is -3.74. The van der Waals surface area contributed by atoms with Gasteiger partial charge in [0.2, 0.25) is 21.8 Å². The van der Waals surface area contributed by atoms with Gasteiger partial charge < -0.3 is 4.98 Å². The third-order valence-corrected chi connectivity index (χ3v) is 7.64. The molecule has 1 fully saturated rings. The van der Waals surface area contributed by atoms with Gasteiger partial charge in [0.25, 0.3) is 11.8 Å². The fourth-order valence-corrected chi connectivity index (χ4v) is 5.64. The van der Waals surface area contributed by atoms with Gasteiger partial charge >= 0.3 is 0 Å². The molecule has 180 valence electrons. The lowest BCUT2D eigenvalue weighted by molar-refractivity contribution is -0.136. The van der Waals surface area contributed by atoms with Gasteiger partial charge in [0.15, 0.2) is 0 Å². The molecule has 2 aromatic heterocycles. The third kappa shape index (κ3) is 4.10. The quantitative estimate of drug-likeness (QED) is 0.324. The number of sulfonamides is 1. The average Bonchev–Trinajstić information content (AvgIpc) is 3.37. The Bertz CT molecular complexity index is 1500. The standard InChI is InChI=1S/C23H21N5O6S/c29-19-8-7-17(21(30)27-19)28-22(31)14-6-5-13(11-16(14)23(28)32)3-1-10-26-35(33,34)18-12-25-20-15(18)4-2-9-24-20/h2,4-6,9,11-12,17,26H,1,3,7-8,10H2,(H,24,25)(H,27,29,30). The van der Waals surface area contributed by atoms with Crippen molar-refractivity contribution < 1.29 is 27.6 Å². The third-order valence-electron chi connectivity index (χ3n) is 6.14. The molecule has 0 bridgehead atoms. The van der Waals surface area contributed by atoms with Crippen LogP contribution in [0.15, 0.2) is 47.6 Å². The Kier molecular flexibility index (Phi) is 5.69. The molecular formula is C23H21N5O6S. The van der Waals surface area contributed by atoms with E-state index in [-0.39, 0.29) is 35.4 Å². The maximum Gasteiger partial charge on any atom is 0.262 e. The number of benzene rings is 1. The molecule has 0 radical (unpaired) electrons. The lowest BCUT2D eigenvalue weighted by Gasteiger charge is -2.27. The van der Waals surface area contributed by atoms with Gasteiger partial charge in [0.05, 0.1) is 11.1 Å². The fourth-order valence-electron chi connectivity index (χ4n) is 4.40. The molecule has 1 atom stereocenters. The summed E-state index contributed by atoms with van der Waals surface area (Å²) in [4.78, 5) is 57.3. The van der Waals surface area contributed by atoms with Crippen LogP contribution < -0.4 is 10.0 Å². The minimum Gasteiger partial charge on any atom is -0.345 e. The molecule has 3 N–H and O–H groups in total. The molecule has 3 aromatic rings. The normalized spacial score (nSPS) is 18.3.